The number of nitrogen functional groups attached to an aromatic ring is 1. The molecule has 9 heteroatoms. The van der Waals surface area contributed by atoms with E-state index in [1.807, 2.05) is 13.0 Å². The molecule has 5 N–H and O–H groups in total. The van der Waals surface area contributed by atoms with Gasteiger partial charge >= 0.3 is 11.9 Å². The van der Waals surface area contributed by atoms with E-state index >= 15 is 0 Å². The number of benzene rings is 1. The lowest BCUT2D eigenvalue weighted by Gasteiger charge is -2.23. The fraction of sp³-hybridized carbons (Fsp3) is 0.520. The third-order valence-electron chi connectivity index (χ3n) is 6.02. The molecule has 1 aromatic carbocycles. The first-order valence-electron chi connectivity index (χ1n) is 11.6. The quantitative estimate of drug-likeness (QED) is 0.339. The number of carboxylic acids is 2. The standard InChI is InChI=1S/C25H36N4O5/c1-6-8-9-17(14-21(30)31)27-22-18(19(7-2)28-24(26)29-22)13-15-12-16(10-11-20(15)34-5)25(3,4)23(32)33/h10-12,17H,6-9,13-14H2,1-5H3,(H,30,31)(H,32,33)(H3,26,27,28,29)/t17-/m0/s1. The minimum absolute atomic E-state index is 0.0452. The summed E-state index contributed by atoms with van der Waals surface area (Å²) in [5.74, 6) is -0.596. The number of nitrogens with zero attached hydrogens (tertiary/aromatic N) is 2. The lowest BCUT2D eigenvalue weighted by molar-refractivity contribution is -0.142. The number of nitrogens with one attached hydrogen (secondary N) is 1. The number of hydrogen-bond donors (Lipinski definition) is 4. The molecule has 0 radical (unpaired) electrons. The van der Waals surface area contributed by atoms with E-state index in [9.17, 15) is 19.8 Å². The molecule has 186 valence electrons. The van der Waals surface area contributed by atoms with Crippen molar-refractivity contribution in [3.8, 4) is 5.75 Å². The van der Waals surface area contributed by atoms with E-state index in [0.29, 0.717) is 36.4 Å². The van der Waals surface area contributed by atoms with Crippen molar-refractivity contribution in [1.82, 2.24) is 9.97 Å². The van der Waals surface area contributed by atoms with Crippen molar-refractivity contribution >= 4 is 23.7 Å². The summed E-state index contributed by atoms with van der Waals surface area (Å²) in [6.45, 7) is 7.32. The molecule has 0 aliphatic carbocycles. The molecule has 9 nitrogen and oxygen atoms in total. The van der Waals surface area contributed by atoms with Gasteiger partial charge in [0.05, 0.1) is 24.6 Å². The van der Waals surface area contributed by atoms with Crippen LogP contribution in [0.2, 0.25) is 0 Å². The van der Waals surface area contributed by atoms with Crippen LogP contribution in [0.1, 0.15) is 75.8 Å². The van der Waals surface area contributed by atoms with Crippen LogP contribution in [0.3, 0.4) is 0 Å². The minimum atomic E-state index is -1.08. The zero-order valence-electron chi connectivity index (χ0n) is 20.6. The van der Waals surface area contributed by atoms with E-state index in [1.165, 1.54) is 0 Å². The maximum atomic E-state index is 11.8. The molecule has 0 aliphatic heterocycles. The van der Waals surface area contributed by atoms with Crippen LogP contribution in [0, 0.1) is 0 Å². The highest BCUT2D eigenvalue weighted by Crippen LogP contribution is 2.32. The fourth-order valence-electron chi connectivity index (χ4n) is 3.85. The summed E-state index contributed by atoms with van der Waals surface area (Å²) in [6, 6.07) is 5.04. The highest BCUT2D eigenvalue weighted by molar-refractivity contribution is 5.80. The van der Waals surface area contributed by atoms with Gasteiger partial charge in [0.25, 0.3) is 0 Å². The smallest absolute Gasteiger partial charge is 0.313 e. The van der Waals surface area contributed by atoms with E-state index in [2.05, 4.69) is 22.2 Å². The zero-order chi connectivity index (χ0) is 25.5. The van der Waals surface area contributed by atoms with Crippen LogP contribution in [0.4, 0.5) is 11.8 Å². The second kappa shape index (κ2) is 11.7. The Morgan fingerprint density at radius 1 is 1.21 bits per heavy atom. The average molecular weight is 473 g/mol. The number of methoxy groups -OCH3 is 1. The number of rotatable bonds is 13. The van der Waals surface area contributed by atoms with Crippen molar-refractivity contribution in [1.29, 1.82) is 0 Å². The highest BCUT2D eigenvalue weighted by Gasteiger charge is 2.30. The van der Waals surface area contributed by atoms with Gasteiger partial charge in [-0.1, -0.05) is 38.8 Å². The van der Waals surface area contributed by atoms with E-state index in [4.69, 9.17) is 10.5 Å². The normalized spacial score (nSPS) is 12.3. The van der Waals surface area contributed by atoms with Gasteiger partial charge in [-0.25, -0.2) is 4.98 Å². The van der Waals surface area contributed by atoms with Crippen LogP contribution in [0.5, 0.6) is 5.75 Å². The van der Waals surface area contributed by atoms with Crippen LogP contribution < -0.4 is 15.8 Å². The molecular formula is C25H36N4O5. The molecule has 0 spiro atoms. The first-order chi connectivity index (χ1) is 16.0. The van der Waals surface area contributed by atoms with E-state index in [0.717, 1.165) is 29.7 Å². The van der Waals surface area contributed by atoms with Crippen LogP contribution >= 0.6 is 0 Å². The van der Waals surface area contributed by atoms with Gasteiger partial charge in [0, 0.05) is 18.0 Å². The monoisotopic (exact) mass is 472 g/mol. The summed E-state index contributed by atoms with van der Waals surface area (Å²) >= 11 is 0. The number of aryl methyl sites for hydroxylation is 1. The van der Waals surface area contributed by atoms with Crippen molar-refractivity contribution in [2.75, 3.05) is 18.2 Å². The first kappa shape index (κ1) is 26.9. The molecule has 0 amide bonds. The maximum Gasteiger partial charge on any atom is 0.313 e. The van der Waals surface area contributed by atoms with Crippen LogP contribution in [0.25, 0.3) is 0 Å². The van der Waals surface area contributed by atoms with Gasteiger partial charge in [0.1, 0.15) is 11.6 Å². The second-order valence-corrected chi connectivity index (χ2v) is 8.92. The first-order valence-corrected chi connectivity index (χ1v) is 11.6. The number of carboxylic acid groups (broad SMARTS) is 2. The van der Waals surface area contributed by atoms with Crippen LogP contribution in [-0.2, 0) is 27.8 Å². The number of anilines is 2. The number of aromatic nitrogens is 2. The number of ether oxygens (including phenoxy) is 1. The summed E-state index contributed by atoms with van der Waals surface area (Å²) in [4.78, 5) is 32.1. The highest BCUT2D eigenvalue weighted by atomic mass is 16.5. The summed E-state index contributed by atoms with van der Waals surface area (Å²) < 4.78 is 5.56. The molecule has 1 heterocycles. The van der Waals surface area contributed by atoms with Crippen molar-refractivity contribution in [2.45, 2.75) is 77.7 Å². The molecule has 0 fully saturated rings. The molecule has 2 aromatic rings. The van der Waals surface area contributed by atoms with Crippen molar-refractivity contribution in [3.63, 3.8) is 0 Å². The lowest BCUT2D eigenvalue weighted by atomic mass is 9.83. The molecule has 0 aliphatic rings. The Morgan fingerprint density at radius 3 is 2.47 bits per heavy atom. The average Bonchev–Trinajstić information content (AvgIpc) is 2.78. The molecule has 34 heavy (non-hydrogen) atoms. The van der Waals surface area contributed by atoms with E-state index in [1.54, 1.807) is 33.1 Å². The van der Waals surface area contributed by atoms with Gasteiger partial charge < -0.3 is 26.0 Å². The minimum Gasteiger partial charge on any atom is -0.496 e. The Hall–Kier alpha value is -3.36. The number of carbonyl (C=O) groups is 2. The van der Waals surface area contributed by atoms with Crippen molar-refractivity contribution in [3.05, 3.63) is 40.6 Å². The molecular weight excluding hydrogens is 436 g/mol. The SMILES string of the molecule is CCCC[C@@H](CC(=O)O)Nc1nc(N)nc(CC)c1Cc1cc(C(C)(C)C(=O)O)ccc1OC. The Morgan fingerprint density at radius 2 is 1.91 bits per heavy atom. The number of unbranched alkanes of at least 4 members (excludes halogenated alkanes) is 1. The topological polar surface area (TPSA) is 148 Å². The molecule has 1 aromatic heterocycles. The maximum absolute atomic E-state index is 11.8. The number of nitrogens with two attached hydrogens (primary N) is 1. The van der Waals surface area contributed by atoms with Gasteiger partial charge in [-0.2, -0.15) is 4.98 Å². The molecule has 0 saturated carbocycles. The predicted octanol–water partition coefficient (Wildman–Crippen LogP) is 4.03. The Labute approximate surface area is 200 Å². The van der Waals surface area contributed by atoms with Gasteiger partial charge in [-0.3, -0.25) is 9.59 Å². The number of aliphatic carboxylic acids is 2. The van der Waals surface area contributed by atoms with Crippen molar-refractivity contribution < 1.29 is 24.5 Å². The summed E-state index contributed by atoms with van der Waals surface area (Å²) in [5.41, 5.74) is 7.84. The molecule has 0 saturated heterocycles. The predicted molar refractivity (Wildman–Crippen MR) is 131 cm³/mol. The van der Waals surface area contributed by atoms with Gasteiger partial charge in [0.15, 0.2) is 0 Å². The Balaban J connectivity index is 2.56. The van der Waals surface area contributed by atoms with Crippen LogP contribution in [-0.4, -0.2) is 45.3 Å². The molecule has 1 atom stereocenters. The van der Waals surface area contributed by atoms with Gasteiger partial charge in [-0.15, -0.1) is 0 Å². The largest absolute Gasteiger partial charge is 0.496 e. The van der Waals surface area contributed by atoms with Gasteiger partial charge in [-0.05, 0) is 43.9 Å². The van der Waals surface area contributed by atoms with E-state index < -0.39 is 17.4 Å². The summed E-state index contributed by atoms with van der Waals surface area (Å²) in [6.07, 6.45) is 3.42. The Bertz CT molecular complexity index is 1020. The van der Waals surface area contributed by atoms with Crippen LogP contribution in [0.15, 0.2) is 18.2 Å². The third kappa shape index (κ3) is 6.59. The Kier molecular flexibility index (Phi) is 9.23. The number of hydrogen-bond acceptors (Lipinski definition) is 7. The van der Waals surface area contributed by atoms with E-state index in [-0.39, 0.29) is 18.4 Å². The molecule has 0 bridgehead atoms. The summed E-state index contributed by atoms with van der Waals surface area (Å²) in [5, 5.41) is 22.4. The molecule has 2 rings (SSSR count). The van der Waals surface area contributed by atoms with Crippen molar-refractivity contribution in [2.24, 2.45) is 0 Å². The molecule has 0 unspecified atom stereocenters. The summed E-state index contributed by atoms with van der Waals surface area (Å²) in [7, 11) is 1.56. The second-order valence-electron chi connectivity index (χ2n) is 8.92. The zero-order valence-corrected chi connectivity index (χ0v) is 20.6. The lowest BCUT2D eigenvalue weighted by Crippen LogP contribution is -2.28. The third-order valence-corrected chi connectivity index (χ3v) is 6.02. The van der Waals surface area contributed by atoms with Gasteiger partial charge in [0.2, 0.25) is 5.95 Å². The fourth-order valence-corrected chi connectivity index (χ4v) is 3.85.